The van der Waals surface area contributed by atoms with Gasteiger partial charge >= 0.3 is 5.69 Å². The Morgan fingerprint density at radius 3 is 2.43 bits per heavy atom. The van der Waals surface area contributed by atoms with Crippen LogP contribution in [0.25, 0.3) is 11.2 Å². The lowest BCUT2D eigenvalue weighted by Crippen LogP contribution is -2.40. The summed E-state index contributed by atoms with van der Waals surface area (Å²) >= 11 is 6.17. The van der Waals surface area contributed by atoms with Crippen LogP contribution in [0.1, 0.15) is 19.4 Å². The molecule has 28 heavy (non-hydrogen) atoms. The Hall–Kier alpha value is -2.74. The van der Waals surface area contributed by atoms with Crippen LogP contribution in [0, 0.1) is 11.6 Å². The molecule has 0 spiro atoms. The van der Waals surface area contributed by atoms with E-state index in [-0.39, 0.29) is 35.0 Å². The highest BCUT2D eigenvalue weighted by molar-refractivity contribution is 6.29. The third-order valence-corrected chi connectivity index (χ3v) is 4.80. The van der Waals surface area contributed by atoms with Crippen LogP contribution in [0.15, 0.2) is 39.4 Å². The fourth-order valence-electron chi connectivity index (χ4n) is 2.98. The van der Waals surface area contributed by atoms with Crippen molar-refractivity contribution in [3.05, 3.63) is 73.2 Å². The molecule has 0 bridgehead atoms. The molecule has 6 nitrogen and oxygen atoms in total. The molecular formula is C19H19ClF2N4O2. The average molecular weight is 409 g/mol. The molecule has 3 aromatic rings. The van der Waals surface area contributed by atoms with Crippen molar-refractivity contribution in [2.24, 2.45) is 7.05 Å². The number of rotatable bonds is 5. The Bertz CT molecular complexity index is 1180. The molecule has 1 aromatic carbocycles. The SMILES string of the molecule is CC(C)=CCn1c(Cl)nc2c1c(=O)n(CCc1c(F)cccc1F)c(=O)n2C. The van der Waals surface area contributed by atoms with Gasteiger partial charge in [0.15, 0.2) is 11.2 Å². The predicted molar refractivity (Wildman–Crippen MR) is 104 cm³/mol. The predicted octanol–water partition coefficient (Wildman–Crippen LogP) is 3.04. The first kappa shape index (κ1) is 20.0. The molecule has 0 aliphatic heterocycles. The van der Waals surface area contributed by atoms with Gasteiger partial charge in [-0.2, -0.15) is 4.98 Å². The van der Waals surface area contributed by atoms with Crippen LogP contribution in [-0.4, -0.2) is 18.7 Å². The minimum Gasteiger partial charge on any atom is -0.305 e. The standard InChI is InChI=1S/C19H19ClF2N4O2/c1-11(2)7-9-25-15-16(23-18(25)20)24(3)19(28)26(17(15)27)10-8-12-13(21)5-4-6-14(12)22/h4-7H,8-10H2,1-3H3. The van der Waals surface area contributed by atoms with Crippen molar-refractivity contribution in [1.29, 1.82) is 0 Å². The van der Waals surface area contributed by atoms with Crippen molar-refractivity contribution in [2.75, 3.05) is 0 Å². The molecule has 2 heterocycles. The zero-order chi connectivity index (χ0) is 20.6. The smallest absolute Gasteiger partial charge is 0.305 e. The molecule has 3 rings (SSSR count). The number of benzene rings is 1. The second kappa shape index (κ2) is 7.71. The second-order valence-corrected chi connectivity index (χ2v) is 7.03. The number of fused-ring (bicyclic) bond motifs is 1. The van der Waals surface area contributed by atoms with E-state index in [4.69, 9.17) is 11.6 Å². The first-order chi connectivity index (χ1) is 13.2. The van der Waals surface area contributed by atoms with Gasteiger partial charge in [-0.3, -0.25) is 13.9 Å². The number of imidazole rings is 1. The normalized spacial score (nSPS) is 11.2. The van der Waals surface area contributed by atoms with Crippen LogP contribution in [0.2, 0.25) is 5.28 Å². The maximum absolute atomic E-state index is 13.9. The highest BCUT2D eigenvalue weighted by Crippen LogP contribution is 2.17. The molecule has 0 atom stereocenters. The van der Waals surface area contributed by atoms with Gasteiger partial charge in [-0.1, -0.05) is 17.7 Å². The summed E-state index contributed by atoms with van der Waals surface area (Å²) in [5.74, 6) is -1.44. The highest BCUT2D eigenvalue weighted by Gasteiger charge is 2.19. The Morgan fingerprint density at radius 1 is 1.18 bits per heavy atom. The summed E-state index contributed by atoms with van der Waals surface area (Å²) in [4.78, 5) is 29.7. The van der Waals surface area contributed by atoms with Crippen molar-refractivity contribution in [2.45, 2.75) is 33.4 Å². The van der Waals surface area contributed by atoms with E-state index in [1.54, 1.807) is 0 Å². The summed E-state index contributed by atoms with van der Waals surface area (Å²) in [5.41, 5.74) is -0.0472. The number of aromatic nitrogens is 4. The first-order valence-electron chi connectivity index (χ1n) is 8.64. The van der Waals surface area contributed by atoms with E-state index in [1.165, 1.54) is 22.2 Å². The van der Waals surface area contributed by atoms with E-state index in [2.05, 4.69) is 4.98 Å². The maximum Gasteiger partial charge on any atom is 0.332 e. The lowest BCUT2D eigenvalue weighted by molar-refractivity contribution is 0.528. The third kappa shape index (κ3) is 3.52. The van der Waals surface area contributed by atoms with Gasteiger partial charge in [0.1, 0.15) is 11.6 Å². The minimum absolute atomic E-state index is 0.0810. The Morgan fingerprint density at radius 2 is 1.82 bits per heavy atom. The van der Waals surface area contributed by atoms with E-state index in [0.717, 1.165) is 22.3 Å². The molecule has 0 amide bonds. The van der Waals surface area contributed by atoms with Gasteiger partial charge in [0.25, 0.3) is 5.56 Å². The highest BCUT2D eigenvalue weighted by atomic mass is 35.5. The fourth-order valence-corrected chi connectivity index (χ4v) is 3.21. The van der Waals surface area contributed by atoms with Gasteiger partial charge in [-0.05, 0) is 44.0 Å². The molecule has 0 N–H and O–H groups in total. The van der Waals surface area contributed by atoms with Gasteiger partial charge in [0.05, 0.1) is 0 Å². The third-order valence-electron chi connectivity index (χ3n) is 4.52. The lowest BCUT2D eigenvalue weighted by Gasteiger charge is -2.10. The van der Waals surface area contributed by atoms with Crippen molar-refractivity contribution >= 4 is 22.8 Å². The topological polar surface area (TPSA) is 61.8 Å². The maximum atomic E-state index is 13.9. The van der Waals surface area contributed by atoms with E-state index in [1.807, 2.05) is 19.9 Å². The summed E-state index contributed by atoms with van der Waals surface area (Å²) in [7, 11) is 1.47. The Kier molecular flexibility index (Phi) is 5.51. The van der Waals surface area contributed by atoms with Crippen molar-refractivity contribution in [3.8, 4) is 0 Å². The van der Waals surface area contributed by atoms with E-state index in [9.17, 15) is 18.4 Å². The fraction of sp³-hybridized carbons (Fsp3) is 0.316. The zero-order valence-corrected chi connectivity index (χ0v) is 16.4. The molecule has 0 saturated heterocycles. The quantitative estimate of drug-likeness (QED) is 0.481. The first-order valence-corrected chi connectivity index (χ1v) is 9.02. The van der Waals surface area contributed by atoms with Gasteiger partial charge in [-0.25, -0.2) is 13.6 Å². The number of hydrogen-bond donors (Lipinski definition) is 0. The summed E-state index contributed by atoms with van der Waals surface area (Å²) in [5, 5.41) is 0.0810. The minimum atomic E-state index is -0.720. The number of aryl methyl sites for hydroxylation is 1. The van der Waals surface area contributed by atoms with Crippen molar-refractivity contribution in [1.82, 2.24) is 18.7 Å². The van der Waals surface area contributed by atoms with Crippen LogP contribution in [0.3, 0.4) is 0 Å². The molecule has 0 unspecified atom stereocenters. The summed E-state index contributed by atoms with van der Waals surface area (Å²) in [6.07, 6.45) is 1.73. The van der Waals surface area contributed by atoms with Crippen LogP contribution in [0.5, 0.6) is 0 Å². The van der Waals surface area contributed by atoms with E-state index < -0.39 is 22.9 Å². The summed E-state index contributed by atoms with van der Waals surface area (Å²) in [6.45, 7) is 3.95. The van der Waals surface area contributed by atoms with Crippen LogP contribution in [-0.2, 0) is 26.6 Å². The average Bonchev–Trinajstić information content (AvgIpc) is 2.96. The van der Waals surface area contributed by atoms with Crippen molar-refractivity contribution < 1.29 is 8.78 Å². The van der Waals surface area contributed by atoms with Gasteiger partial charge < -0.3 is 4.57 Å². The molecule has 0 radical (unpaired) electrons. The second-order valence-electron chi connectivity index (χ2n) is 6.69. The lowest BCUT2D eigenvalue weighted by atomic mass is 10.1. The van der Waals surface area contributed by atoms with Crippen LogP contribution >= 0.6 is 11.6 Å². The molecule has 0 aliphatic rings. The monoisotopic (exact) mass is 408 g/mol. The van der Waals surface area contributed by atoms with E-state index in [0.29, 0.717) is 6.54 Å². The molecule has 0 saturated carbocycles. The Labute approximate surface area is 164 Å². The van der Waals surface area contributed by atoms with Gasteiger partial charge in [-0.15, -0.1) is 0 Å². The summed E-state index contributed by atoms with van der Waals surface area (Å²) < 4.78 is 31.4. The molecule has 9 heteroatoms. The number of halogens is 3. The van der Waals surface area contributed by atoms with Gasteiger partial charge in [0, 0.05) is 25.7 Å². The largest absolute Gasteiger partial charge is 0.332 e. The van der Waals surface area contributed by atoms with E-state index >= 15 is 0 Å². The molecule has 0 fully saturated rings. The van der Waals surface area contributed by atoms with Gasteiger partial charge in [0.2, 0.25) is 5.28 Å². The number of allylic oxidation sites excluding steroid dienone is 2. The number of hydrogen-bond acceptors (Lipinski definition) is 3. The van der Waals surface area contributed by atoms with Crippen LogP contribution in [0.4, 0.5) is 8.78 Å². The van der Waals surface area contributed by atoms with Crippen LogP contribution < -0.4 is 11.2 Å². The molecule has 148 valence electrons. The number of nitrogens with zero attached hydrogens (tertiary/aromatic N) is 4. The molecular weight excluding hydrogens is 390 g/mol. The summed E-state index contributed by atoms with van der Waals surface area (Å²) in [6, 6.07) is 3.53. The molecule has 0 aliphatic carbocycles. The van der Waals surface area contributed by atoms with Crippen molar-refractivity contribution in [3.63, 3.8) is 0 Å². The Balaban J connectivity index is 2.13. The molecule has 2 aromatic heterocycles. The zero-order valence-electron chi connectivity index (χ0n) is 15.7.